The zero-order valence-electron chi connectivity index (χ0n) is 15.8. The summed E-state index contributed by atoms with van der Waals surface area (Å²) in [5.74, 6) is -0.700. The summed E-state index contributed by atoms with van der Waals surface area (Å²) >= 11 is 0. The van der Waals surface area contributed by atoms with Crippen LogP contribution in [0, 0.1) is 12.8 Å². The van der Waals surface area contributed by atoms with E-state index in [4.69, 9.17) is 9.79 Å². The van der Waals surface area contributed by atoms with E-state index < -0.39 is 48.0 Å². The Morgan fingerprint density at radius 3 is 2.48 bits per heavy atom. The van der Waals surface area contributed by atoms with Crippen molar-refractivity contribution >= 4 is 29.1 Å². The predicted molar refractivity (Wildman–Crippen MR) is 101 cm³/mol. The van der Waals surface area contributed by atoms with Gasteiger partial charge in [-0.15, -0.1) is 0 Å². The van der Waals surface area contributed by atoms with Crippen molar-refractivity contribution in [3.63, 3.8) is 0 Å². The van der Waals surface area contributed by atoms with Crippen LogP contribution in [0.4, 0.5) is 0 Å². The van der Waals surface area contributed by atoms with Crippen molar-refractivity contribution in [2.75, 3.05) is 6.61 Å². The smallest absolute Gasteiger partial charge is 0.392 e. The highest BCUT2D eigenvalue weighted by molar-refractivity contribution is 7.66. The summed E-state index contributed by atoms with van der Waals surface area (Å²) in [6.07, 6.45) is 2.03. The maximum absolute atomic E-state index is 11.9. The van der Waals surface area contributed by atoms with Crippen molar-refractivity contribution in [2.24, 2.45) is 5.92 Å². The van der Waals surface area contributed by atoms with Gasteiger partial charge in [0.25, 0.3) is 0 Å². The summed E-state index contributed by atoms with van der Waals surface area (Å²) in [4.78, 5) is 44.1. The first kappa shape index (κ1) is 24.3. The molecule has 0 aromatic carbocycles. The van der Waals surface area contributed by atoms with Gasteiger partial charge in [0, 0.05) is 17.4 Å². The quantitative estimate of drug-likeness (QED) is 0.250. The van der Waals surface area contributed by atoms with Crippen LogP contribution in [0.3, 0.4) is 0 Å². The number of nitrogens with zero attached hydrogens (tertiary/aromatic N) is 4. The molecule has 172 valence electrons. The summed E-state index contributed by atoms with van der Waals surface area (Å²) in [5, 5.41) is 14.6. The fraction of sp³-hybridized carbons (Fsp3) is 0.462. The standard InChI is InChI=1S/C13H19N4O11P3/c1-7-9(10-4-16-17-8(2)14-6-15-13(10)17)3-12(18)11(7)5-26-30(22,23)28-31(24,25)27-29(19,20)21/h4,6,9,11-12,18H,1,3,5H2,2H3,(H,22,23)(H,24,25)(H2,19,20,21)/t9-,11-,12-/m0/s1. The van der Waals surface area contributed by atoms with Crippen LogP contribution in [0.5, 0.6) is 0 Å². The Bertz CT molecular complexity index is 1150. The molecule has 1 aliphatic rings. The van der Waals surface area contributed by atoms with Crippen molar-refractivity contribution < 1.29 is 51.5 Å². The molecule has 2 heterocycles. The molecular formula is C13H19N4O11P3. The molecule has 18 heteroatoms. The van der Waals surface area contributed by atoms with Gasteiger partial charge in [0.05, 0.1) is 18.9 Å². The Kier molecular flexibility index (Phi) is 6.70. The molecule has 2 aromatic heterocycles. The van der Waals surface area contributed by atoms with Gasteiger partial charge in [-0.1, -0.05) is 12.2 Å². The number of phosphoric ester groups is 1. The molecule has 1 fully saturated rings. The van der Waals surface area contributed by atoms with Crippen LogP contribution >= 0.6 is 23.5 Å². The van der Waals surface area contributed by atoms with Gasteiger partial charge in [-0.25, -0.2) is 28.2 Å². The summed E-state index contributed by atoms with van der Waals surface area (Å²) in [5.41, 5.74) is 1.58. The van der Waals surface area contributed by atoms with Crippen molar-refractivity contribution in [3.8, 4) is 0 Å². The monoisotopic (exact) mass is 500 g/mol. The third kappa shape index (κ3) is 5.72. The number of aliphatic hydroxyl groups excluding tert-OH is 1. The number of aryl methyl sites for hydroxylation is 1. The van der Waals surface area contributed by atoms with Gasteiger partial charge < -0.3 is 24.7 Å². The number of aromatic nitrogens is 4. The molecule has 0 spiro atoms. The topological polar surface area (TPSA) is 223 Å². The van der Waals surface area contributed by atoms with Crippen molar-refractivity contribution in [3.05, 3.63) is 36.1 Å². The zero-order chi connectivity index (χ0) is 23.2. The van der Waals surface area contributed by atoms with E-state index in [9.17, 15) is 28.6 Å². The molecule has 3 rings (SSSR count). The summed E-state index contributed by atoms with van der Waals surface area (Å²) < 4.78 is 47.4. The van der Waals surface area contributed by atoms with Gasteiger partial charge in [-0.05, 0) is 13.3 Å². The first-order valence-electron chi connectivity index (χ1n) is 8.49. The van der Waals surface area contributed by atoms with E-state index in [0.29, 0.717) is 22.6 Å². The van der Waals surface area contributed by atoms with Gasteiger partial charge in [-0.2, -0.15) is 13.7 Å². The molecular weight excluding hydrogens is 481 g/mol. The molecule has 2 aromatic rings. The van der Waals surface area contributed by atoms with Gasteiger partial charge in [0.2, 0.25) is 0 Å². The van der Waals surface area contributed by atoms with Crippen LogP contribution in [-0.4, -0.2) is 57.0 Å². The highest BCUT2D eigenvalue weighted by Gasteiger charge is 2.43. The predicted octanol–water partition coefficient (Wildman–Crippen LogP) is 0.797. The van der Waals surface area contributed by atoms with Crippen LogP contribution in [0.25, 0.3) is 5.65 Å². The number of hydrogen-bond donors (Lipinski definition) is 5. The number of aliphatic hydroxyl groups is 1. The van der Waals surface area contributed by atoms with E-state index in [1.807, 2.05) is 0 Å². The minimum Gasteiger partial charge on any atom is -0.392 e. The molecule has 0 saturated heterocycles. The van der Waals surface area contributed by atoms with E-state index in [-0.39, 0.29) is 6.42 Å². The fourth-order valence-corrected chi connectivity index (χ4v) is 6.32. The van der Waals surface area contributed by atoms with Gasteiger partial charge >= 0.3 is 23.5 Å². The normalized spacial score (nSPS) is 26.1. The molecule has 31 heavy (non-hydrogen) atoms. The Balaban J connectivity index is 1.71. The minimum atomic E-state index is -5.62. The lowest BCUT2D eigenvalue weighted by Gasteiger charge is -2.20. The summed E-state index contributed by atoms with van der Waals surface area (Å²) in [6.45, 7) is 5.00. The van der Waals surface area contributed by atoms with Crippen LogP contribution in [0.1, 0.15) is 23.7 Å². The first-order valence-corrected chi connectivity index (χ1v) is 13.0. The summed E-state index contributed by atoms with van der Waals surface area (Å²) in [7, 11) is -16.4. The maximum atomic E-state index is 11.9. The highest BCUT2D eigenvalue weighted by atomic mass is 31.3. The fourth-order valence-electron chi connectivity index (χ4n) is 3.27. The molecule has 0 bridgehead atoms. The van der Waals surface area contributed by atoms with Gasteiger partial charge in [0.1, 0.15) is 12.2 Å². The van der Waals surface area contributed by atoms with E-state index in [2.05, 4.69) is 34.8 Å². The van der Waals surface area contributed by atoms with E-state index in [1.54, 1.807) is 13.1 Å². The first-order chi connectivity index (χ1) is 14.2. The van der Waals surface area contributed by atoms with Crippen LogP contribution in [0.15, 0.2) is 24.7 Å². The van der Waals surface area contributed by atoms with Gasteiger partial charge in [-0.3, -0.25) is 4.52 Å². The van der Waals surface area contributed by atoms with E-state index in [0.717, 1.165) is 0 Å². The number of hydrogen-bond acceptors (Lipinski definition) is 10. The Hall–Kier alpha value is -1.34. The van der Waals surface area contributed by atoms with E-state index >= 15 is 0 Å². The molecule has 2 unspecified atom stereocenters. The molecule has 0 radical (unpaired) electrons. The molecule has 5 atom stereocenters. The average molecular weight is 500 g/mol. The zero-order valence-corrected chi connectivity index (χ0v) is 18.5. The second-order valence-electron chi connectivity index (χ2n) is 6.68. The van der Waals surface area contributed by atoms with Crippen molar-refractivity contribution in [1.29, 1.82) is 0 Å². The molecule has 5 N–H and O–H groups in total. The highest BCUT2D eigenvalue weighted by Crippen LogP contribution is 2.66. The molecule has 0 aliphatic heterocycles. The third-order valence-electron chi connectivity index (χ3n) is 4.58. The number of fused-ring (bicyclic) bond motifs is 1. The van der Waals surface area contributed by atoms with Crippen LogP contribution in [0.2, 0.25) is 0 Å². The van der Waals surface area contributed by atoms with E-state index in [1.165, 1.54) is 10.8 Å². The minimum absolute atomic E-state index is 0.174. The van der Waals surface area contributed by atoms with Crippen molar-refractivity contribution in [2.45, 2.75) is 25.4 Å². The Morgan fingerprint density at radius 2 is 1.84 bits per heavy atom. The Labute approximate surface area is 174 Å². The lowest BCUT2D eigenvalue weighted by atomic mass is 9.94. The third-order valence-corrected chi connectivity index (χ3v) is 8.38. The lowest BCUT2D eigenvalue weighted by Crippen LogP contribution is -2.19. The average Bonchev–Trinajstić information content (AvgIpc) is 3.12. The lowest BCUT2D eigenvalue weighted by molar-refractivity contribution is 0.0940. The summed E-state index contributed by atoms with van der Waals surface area (Å²) in [6, 6.07) is 0. The Morgan fingerprint density at radius 1 is 1.16 bits per heavy atom. The number of rotatable bonds is 8. The van der Waals surface area contributed by atoms with Crippen molar-refractivity contribution in [1.82, 2.24) is 19.6 Å². The number of phosphoric acid groups is 3. The largest absolute Gasteiger partial charge is 0.490 e. The maximum Gasteiger partial charge on any atom is 0.490 e. The second kappa shape index (κ2) is 8.54. The van der Waals surface area contributed by atoms with Crippen LogP contribution < -0.4 is 0 Å². The van der Waals surface area contributed by atoms with Gasteiger partial charge in [0.15, 0.2) is 5.65 Å². The molecule has 1 saturated carbocycles. The SMILES string of the molecule is C=C1[C@@H](c2cnn3c(C)ncnc23)C[C@H](O)[C@H]1COP(=O)(O)OP(=O)(O)OP(=O)(O)O. The molecule has 1 aliphatic carbocycles. The second-order valence-corrected chi connectivity index (χ2v) is 11.1. The molecule has 15 nitrogen and oxygen atoms in total. The molecule has 0 amide bonds. The van der Waals surface area contributed by atoms with Crippen LogP contribution in [-0.2, 0) is 26.8 Å².